The van der Waals surface area contributed by atoms with Crippen molar-refractivity contribution in [3.05, 3.63) is 99.5 Å². The van der Waals surface area contributed by atoms with Gasteiger partial charge in [-0.2, -0.15) is 0 Å². The third-order valence-electron chi connectivity index (χ3n) is 5.86. The Morgan fingerprint density at radius 1 is 0.944 bits per heavy atom. The number of nitrogens with zero attached hydrogens (tertiary/aromatic N) is 1. The van der Waals surface area contributed by atoms with Crippen molar-refractivity contribution < 1.29 is 14.3 Å². The number of halogens is 1. The van der Waals surface area contributed by atoms with Crippen LogP contribution in [-0.2, 0) is 22.6 Å². The maximum absolute atomic E-state index is 13.7. The SMILES string of the molecule is Cc1cc(OCC(=O)N(Cc2ccccc2C)[C@H](Cc2ccccc2)C(=O)NC(C)(C)C)ccc1Br. The number of rotatable bonds is 9. The van der Waals surface area contributed by atoms with E-state index >= 15 is 0 Å². The lowest BCUT2D eigenvalue weighted by atomic mass is 10.00. The average Bonchev–Trinajstić information content (AvgIpc) is 2.82. The lowest BCUT2D eigenvalue weighted by Crippen LogP contribution is -2.55. The van der Waals surface area contributed by atoms with Crippen molar-refractivity contribution in [1.82, 2.24) is 10.2 Å². The Balaban J connectivity index is 1.94. The zero-order valence-corrected chi connectivity index (χ0v) is 23.3. The highest BCUT2D eigenvalue weighted by molar-refractivity contribution is 9.10. The van der Waals surface area contributed by atoms with Gasteiger partial charge in [0.25, 0.3) is 5.91 Å². The van der Waals surface area contributed by atoms with Gasteiger partial charge in [-0.1, -0.05) is 70.5 Å². The van der Waals surface area contributed by atoms with Crippen LogP contribution in [0.2, 0.25) is 0 Å². The maximum atomic E-state index is 13.7. The molecule has 0 bridgehead atoms. The molecule has 0 aromatic heterocycles. The monoisotopic (exact) mass is 550 g/mol. The number of carbonyl (C=O) groups is 2. The number of ether oxygens (including phenoxy) is 1. The number of carbonyl (C=O) groups excluding carboxylic acids is 2. The fourth-order valence-corrected chi connectivity index (χ4v) is 4.16. The molecule has 0 spiro atoms. The lowest BCUT2D eigenvalue weighted by molar-refractivity contribution is -0.143. The van der Waals surface area contributed by atoms with Gasteiger partial charge in [0.15, 0.2) is 6.61 Å². The molecule has 0 unspecified atom stereocenters. The number of benzene rings is 3. The Labute approximate surface area is 223 Å². The molecule has 0 radical (unpaired) electrons. The standard InChI is InChI=1S/C30H35BrN2O3/c1-21-11-9-10-14-24(21)19-33(28(34)20-36-25-15-16-26(31)22(2)17-25)27(29(35)32-30(3,4)5)18-23-12-7-6-8-13-23/h6-17,27H,18-20H2,1-5H3,(H,32,35)/t27-/m1/s1. The van der Waals surface area contributed by atoms with Gasteiger partial charge in [0.05, 0.1) is 0 Å². The summed E-state index contributed by atoms with van der Waals surface area (Å²) in [5, 5.41) is 3.08. The van der Waals surface area contributed by atoms with Crippen LogP contribution in [0.3, 0.4) is 0 Å². The van der Waals surface area contributed by atoms with Crippen molar-refractivity contribution in [3.63, 3.8) is 0 Å². The Morgan fingerprint density at radius 3 is 2.25 bits per heavy atom. The second kappa shape index (κ2) is 12.2. The van der Waals surface area contributed by atoms with Gasteiger partial charge in [0, 0.05) is 23.0 Å². The normalized spacial score (nSPS) is 12.1. The number of hydrogen-bond acceptors (Lipinski definition) is 3. The Bertz CT molecular complexity index is 1190. The summed E-state index contributed by atoms with van der Waals surface area (Å²) in [7, 11) is 0. The topological polar surface area (TPSA) is 58.6 Å². The highest BCUT2D eigenvalue weighted by atomic mass is 79.9. The maximum Gasteiger partial charge on any atom is 0.261 e. The van der Waals surface area contributed by atoms with Gasteiger partial charge in [-0.3, -0.25) is 9.59 Å². The van der Waals surface area contributed by atoms with Crippen molar-refractivity contribution in [2.75, 3.05) is 6.61 Å². The highest BCUT2D eigenvalue weighted by Gasteiger charge is 2.32. The molecule has 0 saturated carbocycles. The number of amides is 2. The highest BCUT2D eigenvalue weighted by Crippen LogP contribution is 2.22. The minimum absolute atomic E-state index is 0.166. The molecule has 0 aliphatic carbocycles. The first-order valence-corrected chi connectivity index (χ1v) is 12.9. The largest absolute Gasteiger partial charge is 0.484 e. The molecule has 190 valence electrons. The summed E-state index contributed by atoms with van der Waals surface area (Å²) in [4.78, 5) is 28.9. The predicted octanol–water partition coefficient (Wildman–Crippen LogP) is 6.00. The van der Waals surface area contributed by atoms with E-state index in [0.29, 0.717) is 18.7 Å². The summed E-state index contributed by atoms with van der Waals surface area (Å²) in [5.41, 5.74) is 3.62. The minimum atomic E-state index is -0.700. The molecule has 0 aliphatic rings. The molecule has 1 atom stereocenters. The van der Waals surface area contributed by atoms with Crippen LogP contribution in [0.5, 0.6) is 5.75 Å². The van der Waals surface area contributed by atoms with Gasteiger partial charge in [-0.15, -0.1) is 0 Å². The first-order valence-electron chi connectivity index (χ1n) is 12.1. The van der Waals surface area contributed by atoms with Gasteiger partial charge in [0.2, 0.25) is 5.91 Å². The summed E-state index contributed by atoms with van der Waals surface area (Å²) >= 11 is 3.49. The van der Waals surface area contributed by atoms with Gasteiger partial charge in [0.1, 0.15) is 11.8 Å². The molecule has 3 rings (SSSR count). The van der Waals surface area contributed by atoms with Crippen molar-refractivity contribution in [1.29, 1.82) is 0 Å². The summed E-state index contributed by atoms with van der Waals surface area (Å²) in [6, 6.07) is 22.6. The Hall–Kier alpha value is -3.12. The zero-order chi connectivity index (χ0) is 26.3. The van der Waals surface area contributed by atoms with Crippen LogP contribution in [0.15, 0.2) is 77.3 Å². The molecule has 0 aliphatic heterocycles. The van der Waals surface area contributed by atoms with Crippen LogP contribution < -0.4 is 10.1 Å². The van der Waals surface area contributed by atoms with E-state index in [4.69, 9.17) is 4.74 Å². The molecular formula is C30H35BrN2O3. The molecule has 3 aromatic carbocycles. The average molecular weight is 552 g/mol. The smallest absolute Gasteiger partial charge is 0.261 e. The zero-order valence-electron chi connectivity index (χ0n) is 21.7. The van der Waals surface area contributed by atoms with E-state index in [1.807, 2.05) is 107 Å². The van der Waals surface area contributed by atoms with E-state index in [2.05, 4.69) is 21.2 Å². The van der Waals surface area contributed by atoms with Gasteiger partial charge < -0.3 is 15.0 Å². The second-order valence-corrected chi connectivity index (χ2v) is 10.9. The van der Waals surface area contributed by atoms with Crippen molar-refractivity contribution in [2.45, 2.75) is 59.2 Å². The number of aryl methyl sites for hydroxylation is 2. The van der Waals surface area contributed by atoms with E-state index in [0.717, 1.165) is 26.7 Å². The third-order valence-corrected chi connectivity index (χ3v) is 6.75. The molecule has 2 amide bonds. The molecule has 5 nitrogen and oxygen atoms in total. The molecule has 6 heteroatoms. The fourth-order valence-electron chi connectivity index (χ4n) is 3.91. The summed E-state index contributed by atoms with van der Waals surface area (Å²) in [6.07, 6.45) is 0.401. The van der Waals surface area contributed by atoms with Gasteiger partial charge in [-0.25, -0.2) is 0 Å². The lowest BCUT2D eigenvalue weighted by Gasteiger charge is -2.34. The third kappa shape index (κ3) is 7.95. The van der Waals surface area contributed by atoms with Crippen LogP contribution in [0.25, 0.3) is 0 Å². The number of hydrogen-bond donors (Lipinski definition) is 1. The first-order chi connectivity index (χ1) is 17.0. The van der Waals surface area contributed by atoms with Crippen molar-refractivity contribution in [3.8, 4) is 5.75 Å². The van der Waals surface area contributed by atoms with E-state index in [9.17, 15) is 9.59 Å². The summed E-state index contributed by atoms with van der Waals surface area (Å²) < 4.78 is 6.87. The molecule has 0 saturated heterocycles. The quantitative estimate of drug-likeness (QED) is 0.355. The predicted molar refractivity (Wildman–Crippen MR) is 148 cm³/mol. The molecule has 36 heavy (non-hydrogen) atoms. The molecule has 1 N–H and O–H groups in total. The van der Waals surface area contributed by atoms with Crippen molar-refractivity contribution in [2.24, 2.45) is 0 Å². The van der Waals surface area contributed by atoms with Crippen LogP contribution >= 0.6 is 15.9 Å². The molecule has 0 heterocycles. The van der Waals surface area contributed by atoms with E-state index in [-0.39, 0.29) is 18.4 Å². The van der Waals surface area contributed by atoms with Crippen LogP contribution in [-0.4, -0.2) is 34.9 Å². The fraction of sp³-hybridized carbons (Fsp3) is 0.333. The van der Waals surface area contributed by atoms with Gasteiger partial charge >= 0.3 is 0 Å². The van der Waals surface area contributed by atoms with Crippen LogP contribution in [0.1, 0.15) is 43.0 Å². The summed E-state index contributed by atoms with van der Waals surface area (Å²) in [6.45, 7) is 9.95. The second-order valence-electron chi connectivity index (χ2n) is 10.1. The van der Waals surface area contributed by atoms with Crippen LogP contribution in [0, 0.1) is 13.8 Å². The summed E-state index contributed by atoms with van der Waals surface area (Å²) in [5.74, 6) is 0.176. The molecule has 3 aromatic rings. The number of nitrogens with one attached hydrogen (secondary N) is 1. The Morgan fingerprint density at radius 2 is 1.61 bits per heavy atom. The molecular weight excluding hydrogens is 516 g/mol. The van der Waals surface area contributed by atoms with Gasteiger partial charge in [-0.05, 0) is 75.1 Å². The van der Waals surface area contributed by atoms with Crippen molar-refractivity contribution >= 4 is 27.7 Å². The first kappa shape index (κ1) is 27.5. The minimum Gasteiger partial charge on any atom is -0.484 e. The van der Waals surface area contributed by atoms with E-state index < -0.39 is 11.6 Å². The van der Waals surface area contributed by atoms with E-state index in [1.54, 1.807) is 4.90 Å². The molecule has 0 fully saturated rings. The van der Waals surface area contributed by atoms with E-state index in [1.165, 1.54) is 0 Å². The Kier molecular flexibility index (Phi) is 9.32. The van der Waals surface area contributed by atoms with Crippen LogP contribution in [0.4, 0.5) is 0 Å².